The predicted molar refractivity (Wildman–Crippen MR) is 60.0 cm³/mol. The molecule has 69 valence electrons. The first-order valence-corrected chi connectivity index (χ1v) is 4.84. The van der Waals surface area contributed by atoms with E-state index in [9.17, 15) is 0 Å². The Bertz CT molecular complexity index is 362. The normalized spacial score (nSPS) is 15.0. The van der Waals surface area contributed by atoms with Gasteiger partial charge in [0.1, 0.15) is 5.75 Å². The molecule has 1 aliphatic carbocycles. The van der Waals surface area contributed by atoms with E-state index in [-0.39, 0.29) is 0 Å². The number of aromatic hydroxyl groups is 1. The largest absolute Gasteiger partial charge is 0.508 e. The van der Waals surface area contributed by atoms with Gasteiger partial charge < -0.3 is 5.11 Å². The molecule has 0 bridgehead atoms. The second-order valence-corrected chi connectivity index (χ2v) is 3.44. The quantitative estimate of drug-likeness (QED) is 0.694. The summed E-state index contributed by atoms with van der Waals surface area (Å²) in [6.07, 6.45) is 8.64. The van der Waals surface area contributed by atoms with Crippen LogP contribution in [0.1, 0.15) is 12.8 Å². The van der Waals surface area contributed by atoms with Gasteiger partial charge in [0.2, 0.25) is 0 Å². The van der Waals surface area contributed by atoms with Crippen LogP contribution >= 0.6 is 0 Å². The predicted octanol–water partition coefficient (Wildman–Crippen LogP) is 1.96. The molecule has 2 heteroatoms. The minimum atomic E-state index is 0.319. The molecule has 1 aliphatic rings. The van der Waals surface area contributed by atoms with Gasteiger partial charge in [0, 0.05) is 0 Å². The fraction of sp³-hybridized carbons (Fsp3) is 0.167. The number of benzene rings is 1. The fourth-order valence-electron chi connectivity index (χ4n) is 1.53. The lowest BCUT2D eigenvalue weighted by Crippen LogP contribution is -2.16. The summed E-state index contributed by atoms with van der Waals surface area (Å²) in [6.45, 7) is 0. The summed E-state index contributed by atoms with van der Waals surface area (Å²) < 4.78 is 0. The molecule has 1 N–H and O–H groups in total. The van der Waals surface area contributed by atoms with Crippen LogP contribution in [0.3, 0.4) is 0 Å². The SMILES string of the molecule is Oc1ccc([B]C2=CC=CCC2)cc1. The van der Waals surface area contributed by atoms with Gasteiger partial charge in [-0.2, -0.15) is 0 Å². The zero-order valence-corrected chi connectivity index (χ0v) is 7.98. The van der Waals surface area contributed by atoms with Crippen molar-refractivity contribution in [2.45, 2.75) is 12.8 Å². The first-order valence-electron chi connectivity index (χ1n) is 4.84. The monoisotopic (exact) mass is 183 g/mol. The van der Waals surface area contributed by atoms with E-state index in [2.05, 4.69) is 25.5 Å². The standard InChI is InChI=1S/C12H12BO/c14-12-8-6-11(7-9-12)13-10-4-2-1-3-5-10/h1-2,4,6-9,14H,3,5H2. The molecule has 0 heterocycles. The molecule has 0 spiro atoms. The zero-order valence-electron chi connectivity index (χ0n) is 7.98. The Hall–Kier alpha value is -1.44. The van der Waals surface area contributed by atoms with Gasteiger partial charge in [-0.1, -0.05) is 35.8 Å². The van der Waals surface area contributed by atoms with Crippen LogP contribution in [0.5, 0.6) is 5.75 Å². The minimum absolute atomic E-state index is 0.319. The number of phenols is 1. The van der Waals surface area contributed by atoms with Crippen molar-refractivity contribution in [1.82, 2.24) is 0 Å². The molecule has 0 saturated carbocycles. The van der Waals surface area contributed by atoms with Gasteiger partial charge in [-0.25, -0.2) is 0 Å². The summed E-state index contributed by atoms with van der Waals surface area (Å²) in [5.74, 6) is 0.319. The van der Waals surface area contributed by atoms with Crippen LogP contribution in [0.2, 0.25) is 0 Å². The number of rotatable bonds is 2. The number of allylic oxidation sites excluding steroid dienone is 4. The van der Waals surface area contributed by atoms with Crippen LogP contribution in [0.4, 0.5) is 0 Å². The molecule has 0 aliphatic heterocycles. The van der Waals surface area contributed by atoms with Gasteiger partial charge >= 0.3 is 0 Å². The van der Waals surface area contributed by atoms with Crippen molar-refractivity contribution in [2.75, 3.05) is 0 Å². The van der Waals surface area contributed by atoms with Crippen molar-refractivity contribution in [2.24, 2.45) is 0 Å². The molecule has 1 aromatic rings. The van der Waals surface area contributed by atoms with Crippen LogP contribution in [-0.4, -0.2) is 12.4 Å². The van der Waals surface area contributed by atoms with E-state index in [0.717, 1.165) is 18.3 Å². The Morgan fingerprint density at radius 2 is 1.93 bits per heavy atom. The lowest BCUT2D eigenvalue weighted by Gasteiger charge is -2.07. The second kappa shape index (κ2) is 4.18. The van der Waals surface area contributed by atoms with Crippen molar-refractivity contribution < 1.29 is 5.11 Å². The highest BCUT2D eigenvalue weighted by Gasteiger charge is 2.03. The van der Waals surface area contributed by atoms with Crippen LogP contribution < -0.4 is 5.46 Å². The highest BCUT2D eigenvalue weighted by molar-refractivity contribution is 6.61. The third-order valence-electron chi connectivity index (χ3n) is 2.29. The Balaban J connectivity index is 2.07. The molecule has 0 aromatic heterocycles. The van der Waals surface area contributed by atoms with Crippen LogP contribution in [0.25, 0.3) is 0 Å². The van der Waals surface area contributed by atoms with Crippen molar-refractivity contribution >= 4 is 12.7 Å². The summed E-state index contributed by atoms with van der Waals surface area (Å²) in [6, 6.07) is 7.28. The molecule has 1 aromatic carbocycles. The van der Waals surface area contributed by atoms with Crippen molar-refractivity contribution in [1.29, 1.82) is 0 Å². The van der Waals surface area contributed by atoms with Crippen molar-refractivity contribution in [3.63, 3.8) is 0 Å². The van der Waals surface area contributed by atoms with E-state index in [1.54, 1.807) is 12.1 Å². The summed E-state index contributed by atoms with van der Waals surface area (Å²) in [4.78, 5) is 0. The number of hydrogen-bond donors (Lipinski definition) is 1. The Morgan fingerprint density at radius 3 is 2.57 bits per heavy atom. The van der Waals surface area contributed by atoms with Gasteiger partial charge in [0.15, 0.2) is 7.28 Å². The molecule has 14 heavy (non-hydrogen) atoms. The van der Waals surface area contributed by atoms with E-state index in [1.807, 2.05) is 12.1 Å². The summed E-state index contributed by atoms with van der Waals surface area (Å²) in [7, 11) is 2.16. The molecule has 0 amide bonds. The Kier molecular flexibility index (Phi) is 2.73. The molecule has 0 atom stereocenters. The molecular weight excluding hydrogens is 171 g/mol. The van der Waals surface area contributed by atoms with Gasteiger partial charge in [-0.15, -0.1) is 5.47 Å². The molecule has 1 radical (unpaired) electrons. The first kappa shape index (κ1) is 9.13. The molecule has 2 rings (SSSR count). The van der Waals surface area contributed by atoms with Gasteiger partial charge in [-0.3, -0.25) is 0 Å². The van der Waals surface area contributed by atoms with E-state index in [1.165, 1.54) is 5.47 Å². The second-order valence-electron chi connectivity index (χ2n) is 3.44. The van der Waals surface area contributed by atoms with Gasteiger partial charge in [0.25, 0.3) is 0 Å². The lowest BCUT2D eigenvalue weighted by atomic mass is 9.61. The first-order chi connectivity index (χ1) is 6.84. The molecular formula is C12H12BO. The van der Waals surface area contributed by atoms with Crippen molar-refractivity contribution in [3.05, 3.63) is 48.0 Å². The highest BCUT2D eigenvalue weighted by Crippen LogP contribution is 2.10. The molecule has 0 fully saturated rings. The average molecular weight is 183 g/mol. The lowest BCUT2D eigenvalue weighted by molar-refractivity contribution is 0.475. The van der Waals surface area contributed by atoms with Gasteiger partial charge in [0.05, 0.1) is 0 Å². The third-order valence-corrected chi connectivity index (χ3v) is 2.29. The zero-order chi connectivity index (χ0) is 9.80. The van der Waals surface area contributed by atoms with Crippen LogP contribution in [0, 0.1) is 0 Å². The number of hydrogen-bond acceptors (Lipinski definition) is 1. The van der Waals surface area contributed by atoms with E-state index in [4.69, 9.17) is 5.11 Å². The summed E-state index contributed by atoms with van der Waals surface area (Å²) in [5, 5.41) is 9.12. The summed E-state index contributed by atoms with van der Waals surface area (Å²) in [5.41, 5.74) is 2.49. The number of phenolic OH excluding ortho intramolecular Hbond substituents is 1. The average Bonchev–Trinajstić information content (AvgIpc) is 2.23. The molecule has 0 unspecified atom stereocenters. The summed E-state index contributed by atoms with van der Waals surface area (Å²) >= 11 is 0. The fourth-order valence-corrected chi connectivity index (χ4v) is 1.53. The Morgan fingerprint density at radius 1 is 1.14 bits per heavy atom. The smallest absolute Gasteiger partial charge is 0.185 e. The maximum absolute atomic E-state index is 9.12. The van der Waals surface area contributed by atoms with Crippen molar-refractivity contribution in [3.8, 4) is 5.75 Å². The minimum Gasteiger partial charge on any atom is -0.508 e. The topological polar surface area (TPSA) is 20.2 Å². The maximum Gasteiger partial charge on any atom is 0.185 e. The van der Waals surface area contributed by atoms with Crippen LogP contribution in [-0.2, 0) is 0 Å². The van der Waals surface area contributed by atoms with E-state index >= 15 is 0 Å². The van der Waals surface area contributed by atoms with E-state index in [0.29, 0.717) is 5.75 Å². The molecule has 1 nitrogen and oxygen atoms in total. The van der Waals surface area contributed by atoms with E-state index < -0.39 is 0 Å². The van der Waals surface area contributed by atoms with Crippen LogP contribution in [0.15, 0.2) is 48.0 Å². The van der Waals surface area contributed by atoms with Gasteiger partial charge in [-0.05, 0) is 25.0 Å². The molecule has 0 saturated heterocycles. The Labute approximate surface area is 85.0 Å². The third kappa shape index (κ3) is 2.29. The highest BCUT2D eigenvalue weighted by atomic mass is 16.3. The maximum atomic E-state index is 9.12.